The van der Waals surface area contributed by atoms with Crippen LogP contribution in [-0.4, -0.2) is 13.2 Å². The van der Waals surface area contributed by atoms with E-state index in [4.69, 9.17) is 4.74 Å². The number of halogens is 1. The summed E-state index contributed by atoms with van der Waals surface area (Å²) in [7, 11) is 1.47. The highest BCUT2D eigenvalue weighted by Crippen LogP contribution is 2.22. The maximum absolute atomic E-state index is 13.5. The van der Waals surface area contributed by atoms with Crippen LogP contribution in [0.5, 0.6) is 5.75 Å². The van der Waals surface area contributed by atoms with E-state index in [1.165, 1.54) is 13.2 Å². The van der Waals surface area contributed by atoms with Crippen LogP contribution in [0.1, 0.15) is 38.8 Å². The van der Waals surface area contributed by atoms with Crippen LogP contribution in [0.2, 0.25) is 0 Å². The molecule has 1 aromatic carbocycles. The fourth-order valence-corrected chi connectivity index (χ4v) is 1.59. The molecule has 1 rings (SSSR count). The average molecular weight is 225 g/mol. The zero-order valence-corrected chi connectivity index (χ0v) is 10.4. The Morgan fingerprint density at radius 2 is 2.06 bits per heavy atom. The Labute approximate surface area is 96.8 Å². The van der Waals surface area contributed by atoms with Crippen LogP contribution in [0, 0.1) is 5.82 Å². The lowest BCUT2D eigenvalue weighted by Gasteiger charge is -2.19. The topological polar surface area (TPSA) is 21.3 Å². The summed E-state index contributed by atoms with van der Waals surface area (Å²) in [6.45, 7) is 6.28. The first-order valence-electron chi connectivity index (χ1n) is 5.68. The van der Waals surface area contributed by atoms with Gasteiger partial charge in [-0.25, -0.2) is 4.39 Å². The van der Waals surface area contributed by atoms with Crippen molar-refractivity contribution in [3.05, 3.63) is 29.6 Å². The molecule has 0 bridgehead atoms. The SMILES string of the molecule is CCC(C)NC(C)c1ccc(OC)c(F)c1. The Morgan fingerprint density at radius 3 is 2.56 bits per heavy atom. The van der Waals surface area contributed by atoms with E-state index >= 15 is 0 Å². The summed E-state index contributed by atoms with van der Waals surface area (Å²) in [5, 5.41) is 3.40. The Bertz CT molecular complexity index is 341. The highest BCUT2D eigenvalue weighted by Gasteiger charge is 2.10. The molecule has 0 heterocycles. The third-order valence-electron chi connectivity index (χ3n) is 2.82. The Balaban J connectivity index is 2.76. The molecule has 2 atom stereocenters. The zero-order chi connectivity index (χ0) is 12.1. The van der Waals surface area contributed by atoms with E-state index in [1.54, 1.807) is 6.07 Å². The maximum atomic E-state index is 13.5. The normalized spacial score (nSPS) is 14.6. The Kier molecular flexibility index (Phi) is 4.74. The monoisotopic (exact) mass is 225 g/mol. The van der Waals surface area contributed by atoms with Crippen molar-refractivity contribution in [1.29, 1.82) is 0 Å². The molecule has 0 aromatic heterocycles. The fraction of sp³-hybridized carbons (Fsp3) is 0.538. The molecule has 0 amide bonds. The molecule has 90 valence electrons. The molecule has 2 nitrogen and oxygen atoms in total. The van der Waals surface area contributed by atoms with Crippen LogP contribution in [-0.2, 0) is 0 Å². The summed E-state index contributed by atoms with van der Waals surface area (Å²) in [6.07, 6.45) is 1.06. The number of nitrogens with one attached hydrogen (secondary N) is 1. The summed E-state index contributed by atoms with van der Waals surface area (Å²) in [4.78, 5) is 0. The van der Waals surface area contributed by atoms with Crippen molar-refractivity contribution >= 4 is 0 Å². The van der Waals surface area contributed by atoms with E-state index in [1.807, 2.05) is 13.0 Å². The van der Waals surface area contributed by atoms with E-state index in [0.717, 1.165) is 12.0 Å². The van der Waals surface area contributed by atoms with Gasteiger partial charge in [0, 0.05) is 12.1 Å². The van der Waals surface area contributed by atoms with Crippen LogP contribution in [0.4, 0.5) is 4.39 Å². The molecule has 0 spiro atoms. The molecule has 1 aromatic rings. The third-order valence-corrected chi connectivity index (χ3v) is 2.82. The van der Waals surface area contributed by atoms with Gasteiger partial charge in [0.25, 0.3) is 0 Å². The van der Waals surface area contributed by atoms with Crippen LogP contribution < -0.4 is 10.1 Å². The number of benzene rings is 1. The van der Waals surface area contributed by atoms with Crippen LogP contribution in [0.25, 0.3) is 0 Å². The van der Waals surface area contributed by atoms with Crippen molar-refractivity contribution in [3.8, 4) is 5.75 Å². The van der Waals surface area contributed by atoms with Crippen LogP contribution in [0.15, 0.2) is 18.2 Å². The minimum Gasteiger partial charge on any atom is -0.494 e. The van der Waals surface area contributed by atoms with Gasteiger partial charge in [0.15, 0.2) is 11.6 Å². The molecule has 3 heteroatoms. The molecule has 0 saturated heterocycles. The zero-order valence-electron chi connectivity index (χ0n) is 10.4. The molecule has 0 aliphatic heterocycles. The number of methoxy groups -OCH3 is 1. The van der Waals surface area contributed by atoms with Gasteiger partial charge in [0.2, 0.25) is 0 Å². The second kappa shape index (κ2) is 5.85. The van der Waals surface area contributed by atoms with Gasteiger partial charge in [-0.05, 0) is 38.0 Å². The summed E-state index contributed by atoms with van der Waals surface area (Å²) >= 11 is 0. The molecule has 1 N–H and O–H groups in total. The first kappa shape index (κ1) is 13.0. The molecule has 0 saturated carbocycles. The molecule has 16 heavy (non-hydrogen) atoms. The summed E-state index contributed by atoms with van der Waals surface area (Å²) in [6, 6.07) is 5.66. The lowest BCUT2D eigenvalue weighted by molar-refractivity contribution is 0.385. The highest BCUT2D eigenvalue weighted by atomic mass is 19.1. The van der Waals surface area contributed by atoms with Gasteiger partial charge in [0.05, 0.1) is 7.11 Å². The van der Waals surface area contributed by atoms with E-state index < -0.39 is 0 Å². The van der Waals surface area contributed by atoms with Gasteiger partial charge in [-0.2, -0.15) is 0 Å². The average Bonchev–Trinajstić information content (AvgIpc) is 2.28. The van der Waals surface area contributed by atoms with E-state index in [9.17, 15) is 4.39 Å². The van der Waals surface area contributed by atoms with Crippen molar-refractivity contribution in [2.75, 3.05) is 7.11 Å². The summed E-state index contributed by atoms with van der Waals surface area (Å²) in [5.41, 5.74) is 0.943. The van der Waals surface area contributed by atoms with E-state index in [2.05, 4.69) is 19.2 Å². The number of ether oxygens (including phenoxy) is 1. The molecule has 0 fully saturated rings. The number of rotatable bonds is 5. The van der Waals surface area contributed by atoms with Gasteiger partial charge in [-0.3, -0.25) is 0 Å². The quantitative estimate of drug-likeness (QED) is 0.830. The predicted octanol–water partition coefficient (Wildman–Crippen LogP) is 3.28. The first-order valence-corrected chi connectivity index (χ1v) is 5.68. The second-order valence-electron chi connectivity index (χ2n) is 4.09. The molecule has 0 radical (unpaired) electrons. The Hall–Kier alpha value is -1.09. The van der Waals surface area contributed by atoms with Crippen molar-refractivity contribution in [1.82, 2.24) is 5.32 Å². The van der Waals surface area contributed by atoms with Gasteiger partial charge >= 0.3 is 0 Å². The minimum atomic E-state index is -0.308. The largest absolute Gasteiger partial charge is 0.494 e. The molecular weight excluding hydrogens is 205 g/mol. The van der Waals surface area contributed by atoms with Crippen molar-refractivity contribution in [3.63, 3.8) is 0 Å². The Morgan fingerprint density at radius 1 is 1.38 bits per heavy atom. The highest BCUT2D eigenvalue weighted by molar-refractivity contribution is 5.30. The predicted molar refractivity (Wildman–Crippen MR) is 64.3 cm³/mol. The lowest BCUT2D eigenvalue weighted by Crippen LogP contribution is -2.28. The lowest BCUT2D eigenvalue weighted by atomic mass is 10.1. The molecule has 0 aliphatic carbocycles. The van der Waals surface area contributed by atoms with Crippen LogP contribution >= 0.6 is 0 Å². The molecule has 0 aliphatic rings. The summed E-state index contributed by atoms with van der Waals surface area (Å²) in [5.74, 6) is -0.0164. The van der Waals surface area contributed by atoms with Gasteiger partial charge < -0.3 is 10.1 Å². The summed E-state index contributed by atoms with van der Waals surface area (Å²) < 4.78 is 18.4. The van der Waals surface area contributed by atoms with Gasteiger partial charge in [0.1, 0.15) is 0 Å². The third kappa shape index (κ3) is 3.20. The van der Waals surface area contributed by atoms with Crippen molar-refractivity contribution in [2.45, 2.75) is 39.3 Å². The molecular formula is C13H20FNO. The number of hydrogen-bond donors (Lipinski definition) is 1. The van der Waals surface area contributed by atoms with Crippen molar-refractivity contribution in [2.24, 2.45) is 0 Å². The second-order valence-corrected chi connectivity index (χ2v) is 4.09. The first-order chi connectivity index (χ1) is 7.58. The standard InChI is InChI=1S/C13H20FNO/c1-5-9(2)15-10(3)11-6-7-13(16-4)12(14)8-11/h6-10,15H,5H2,1-4H3. The van der Waals surface area contributed by atoms with Gasteiger partial charge in [-0.1, -0.05) is 13.0 Å². The number of hydrogen-bond acceptors (Lipinski definition) is 2. The van der Waals surface area contributed by atoms with Gasteiger partial charge in [-0.15, -0.1) is 0 Å². The smallest absolute Gasteiger partial charge is 0.165 e. The minimum absolute atomic E-state index is 0.148. The van der Waals surface area contributed by atoms with Crippen molar-refractivity contribution < 1.29 is 9.13 Å². The van der Waals surface area contributed by atoms with Crippen LogP contribution in [0.3, 0.4) is 0 Å². The molecule has 2 unspecified atom stereocenters. The fourth-order valence-electron chi connectivity index (χ4n) is 1.59. The van der Waals surface area contributed by atoms with E-state index in [-0.39, 0.29) is 11.9 Å². The van der Waals surface area contributed by atoms with E-state index in [0.29, 0.717) is 11.8 Å². The maximum Gasteiger partial charge on any atom is 0.165 e.